The number of amides is 1. The van der Waals surface area contributed by atoms with Crippen molar-refractivity contribution in [2.24, 2.45) is 0 Å². The molecule has 38 heavy (non-hydrogen) atoms. The number of benzene rings is 1. The van der Waals surface area contributed by atoms with Gasteiger partial charge in [-0.2, -0.15) is 13.2 Å². The lowest BCUT2D eigenvalue weighted by Crippen LogP contribution is -2.50. The molecule has 1 atom stereocenters. The summed E-state index contributed by atoms with van der Waals surface area (Å²) in [5.74, 6) is -0.997. The highest BCUT2D eigenvalue weighted by Gasteiger charge is 2.36. The first-order chi connectivity index (χ1) is 17.8. The van der Waals surface area contributed by atoms with E-state index >= 15 is 4.39 Å². The molecule has 0 aliphatic carbocycles. The Kier molecular flexibility index (Phi) is 7.45. The summed E-state index contributed by atoms with van der Waals surface area (Å²) in [7, 11) is 5.59. The fourth-order valence-corrected chi connectivity index (χ4v) is 4.31. The van der Waals surface area contributed by atoms with E-state index < -0.39 is 34.6 Å². The van der Waals surface area contributed by atoms with E-state index in [-0.39, 0.29) is 17.3 Å². The fraction of sp³-hybridized carbons (Fsp3) is 0.346. The molecule has 2 N–H and O–H groups in total. The summed E-state index contributed by atoms with van der Waals surface area (Å²) in [6, 6.07) is 6.52. The smallest absolute Gasteiger partial charge is 0.367 e. The lowest BCUT2D eigenvalue weighted by atomic mass is 10.0. The van der Waals surface area contributed by atoms with E-state index in [2.05, 4.69) is 20.2 Å². The van der Waals surface area contributed by atoms with Crippen LogP contribution in [-0.4, -0.2) is 67.6 Å². The van der Waals surface area contributed by atoms with E-state index in [4.69, 9.17) is 0 Å². The van der Waals surface area contributed by atoms with Gasteiger partial charge in [0, 0.05) is 69.4 Å². The minimum absolute atomic E-state index is 0.119. The predicted molar refractivity (Wildman–Crippen MR) is 138 cm³/mol. The highest BCUT2D eigenvalue weighted by atomic mass is 19.4. The summed E-state index contributed by atoms with van der Waals surface area (Å²) in [5, 5.41) is 2.54. The highest BCUT2D eigenvalue weighted by molar-refractivity contribution is 6.07. The van der Waals surface area contributed by atoms with Crippen LogP contribution in [0, 0.1) is 5.82 Å². The van der Waals surface area contributed by atoms with Gasteiger partial charge >= 0.3 is 6.18 Å². The monoisotopic (exact) mass is 532 g/mol. The molecule has 202 valence electrons. The Balaban J connectivity index is 1.79. The number of likely N-dealkylation sites (N-methyl/N-ethyl adjacent to an activating group) is 1. The zero-order chi connectivity index (χ0) is 27.8. The number of nitrogens with zero attached hydrogens (tertiary/aromatic N) is 4. The number of H-pyrrole nitrogens is 1. The van der Waals surface area contributed by atoms with Crippen LogP contribution < -0.4 is 20.7 Å². The number of nitrogens with one attached hydrogen (secondary N) is 2. The fourth-order valence-electron chi connectivity index (χ4n) is 4.31. The zero-order valence-corrected chi connectivity index (χ0v) is 21.4. The van der Waals surface area contributed by atoms with Crippen molar-refractivity contribution in [1.82, 2.24) is 14.9 Å². The van der Waals surface area contributed by atoms with Crippen LogP contribution in [0.1, 0.15) is 22.8 Å². The molecule has 4 rings (SSSR count). The lowest BCUT2D eigenvalue weighted by Gasteiger charge is -2.39. The Morgan fingerprint density at radius 2 is 1.92 bits per heavy atom. The van der Waals surface area contributed by atoms with Crippen molar-refractivity contribution in [2.45, 2.75) is 19.1 Å². The summed E-state index contributed by atoms with van der Waals surface area (Å²) in [4.78, 5) is 36.9. The van der Waals surface area contributed by atoms with Gasteiger partial charge in [0.25, 0.3) is 5.91 Å². The minimum Gasteiger partial charge on any atom is -0.367 e. The van der Waals surface area contributed by atoms with E-state index in [1.807, 2.05) is 33.0 Å². The largest absolute Gasteiger partial charge is 0.417 e. The maximum atomic E-state index is 15.5. The molecular weight excluding hydrogens is 504 g/mol. The number of aromatic nitrogens is 2. The molecule has 0 spiro atoms. The van der Waals surface area contributed by atoms with Gasteiger partial charge in [0.2, 0.25) is 5.56 Å². The maximum Gasteiger partial charge on any atom is 0.417 e. The normalized spacial score (nSPS) is 16.4. The third-order valence-electron chi connectivity index (χ3n) is 6.63. The lowest BCUT2D eigenvalue weighted by molar-refractivity contribution is -0.138. The number of carbonyl (C=O) groups excluding carboxylic acids is 1. The summed E-state index contributed by atoms with van der Waals surface area (Å²) in [6.07, 6.45) is -2.71. The van der Waals surface area contributed by atoms with Crippen LogP contribution in [0.15, 0.2) is 47.5 Å². The second-order valence-corrected chi connectivity index (χ2v) is 9.50. The van der Waals surface area contributed by atoms with E-state index in [0.29, 0.717) is 42.8 Å². The Hall–Kier alpha value is -3.93. The number of piperazine rings is 1. The summed E-state index contributed by atoms with van der Waals surface area (Å²) in [6.45, 7) is 3.72. The molecule has 8 nitrogen and oxygen atoms in total. The summed E-state index contributed by atoms with van der Waals surface area (Å²) >= 11 is 0. The van der Waals surface area contributed by atoms with Crippen LogP contribution in [0.25, 0.3) is 11.1 Å². The molecule has 3 aromatic rings. The Morgan fingerprint density at radius 1 is 1.18 bits per heavy atom. The quantitative estimate of drug-likeness (QED) is 0.483. The molecular formula is C26H28F4N6O2. The summed E-state index contributed by atoms with van der Waals surface area (Å²) < 4.78 is 56.3. The Morgan fingerprint density at radius 3 is 2.53 bits per heavy atom. The Labute approximate surface area is 216 Å². The van der Waals surface area contributed by atoms with Crippen molar-refractivity contribution in [3.05, 3.63) is 70.0 Å². The topological polar surface area (TPSA) is 84.6 Å². The van der Waals surface area contributed by atoms with Crippen LogP contribution >= 0.6 is 0 Å². The predicted octanol–water partition coefficient (Wildman–Crippen LogP) is 4.05. The number of hydrogen-bond donors (Lipinski definition) is 2. The van der Waals surface area contributed by atoms with Gasteiger partial charge in [0.1, 0.15) is 11.6 Å². The molecule has 12 heteroatoms. The van der Waals surface area contributed by atoms with Gasteiger partial charge < -0.3 is 25.0 Å². The average Bonchev–Trinajstić information content (AvgIpc) is 2.86. The van der Waals surface area contributed by atoms with Gasteiger partial charge in [0.15, 0.2) is 0 Å². The van der Waals surface area contributed by atoms with Gasteiger partial charge in [-0.1, -0.05) is 0 Å². The number of alkyl halides is 3. The van der Waals surface area contributed by atoms with E-state index in [9.17, 15) is 22.8 Å². The molecule has 0 saturated carbocycles. The Bertz CT molecular complexity index is 1390. The standard InChI is InChI=1S/C26H28F4N6O2/c1-15-14-36(8-7-35(15)4)22-11-20(27)17(16-5-6-23(31-12-16)34(2)3)9-21(22)33-25(38)18-13-32-24(37)10-19(18)26(28,29)30/h5-6,9-13,15H,7-8,14H2,1-4H3,(H,32,37)(H,33,38)/t15-/m0/s1. The highest BCUT2D eigenvalue weighted by Crippen LogP contribution is 2.37. The number of aromatic amines is 1. The maximum absolute atomic E-state index is 15.5. The molecule has 0 bridgehead atoms. The number of hydrogen-bond acceptors (Lipinski definition) is 6. The van der Waals surface area contributed by atoms with Crippen molar-refractivity contribution in [1.29, 1.82) is 0 Å². The number of anilines is 3. The third-order valence-corrected chi connectivity index (χ3v) is 6.63. The van der Waals surface area contributed by atoms with Crippen molar-refractivity contribution in [2.75, 3.05) is 55.9 Å². The first kappa shape index (κ1) is 27.1. The third kappa shape index (κ3) is 5.64. The molecule has 0 radical (unpaired) electrons. The second-order valence-electron chi connectivity index (χ2n) is 9.50. The number of rotatable bonds is 5. The molecule has 3 heterocycles. The van der Waals surface area contributed by atoms with Crippen molar-refractivity contribution >= 4 is 23.1 Å². The SMILES string of the molecule is C[C@H]1CN(c2cc(F)c(-c3ccc(N(C)C)nc3)cc2NC(=O)c2c[nH]c(=O)cc2C(F)(F)F)CCN1C. The van der Waals surface area contributed by atoms with Crippen LogP contribution in [0.4, 0.5) is 34.8 Å². The average molecular weight is 533 g/mol. The first-order valence-electron chi connectivity index (χ1n) is 11.9. The van der Waals surface area contributed by atoms with Crippen molar-refractivity contribution in [3.8, 4) is 11.1 Å². The van der Waals surface area contributed by atoms with Gasteiger partial charge in [-0.05, 0) is 38.2 Å². The molecule has 1 amide bonds. The molecule has 1 fully saturated rings. The molecule has 1 aromatic carbocycles. The molecule has 0 unspecified atom stereocenters. The molecule has 1 saturated heterocycles. The molecule has 2 aromatic heterocycles. The number of halogens is 4. The van der Waals surface area contributed by atoms with Crippen LogP contribution in [0.5, 0.6) is 0 Å². The van der Waals surface area contributed by atoms with Gasteiger partial charge in [-0.25, -0.2) is 9.37 Å². The first-order valence-corrected chi connectivity index (χ1v) is 11.9. The van der Waals surface area contributed by atoms with Gasteiger partial charge in [-0.3, -0.25) is 9.59 Å². The van der Waals surface area contributed by atoms with Gasteiger partial charge in [0.05, 0.1) is 22.5 Å². The second kappa shape index (κ2) is 10.4. The van der Waals surface area contributed by atoms with E-state index in [0.717, 1.165) is 6.20 Å². The van der Waals surface area contributed by atoms with Crippen molar-refractivity contribution in [3.63, 3.8) is 0 Å². The van der Waals surface area contributed by atoms with Gasteiger partial charge in [-0.15, -0.1) is 0 Å². The number of pyridine rings is 2. The zero-order valence-electron chi connectivity index (χ0n) is 21.4. The van der Waals surface area contributed by atoms with E-state index in [1.54, 1.807) is 17.0 Å². The van der Waals surface area contributed by atoms with Crippen LogP contribution in [0.2, 0.25) is 0 Å². The number of carbonyl (C=O) groups is 1. The minimum atomic E-state index is -4.93. The van der Waals surface area contributed by atoms with Crippen LogP contribution in [0.3, 0.4) is 0 Å². The summed E-state index contributed by atoms with van der Waals surface area (Å²) in [5.41, 5.74) is -2.06. The van der Waals surface area contributed by atoms with Crippen molar-refractivity contribution < 1.29 is 22.4 Å². The van der Waals surface area contributed by atoms with Crippen LogP contribution in [-0.2, 0) is 6.18 Å². The molecule has 1 aliphatic rings. The van der Waals surface area contributed by atoms with E-state index in [1.165, 1.54) is 18.3 Å². The molecule has 1 aliphatic heterocycles.